The van der Waals surface area contributed by atoms with Crippen LogP contribution in [0.15, 0.2) is 11.0 Å². The van der Waals surface area contributed by atoms with Crippen molar-refractivity contribution in [2.75, 3.05) is 18.6 Å². The fraction of sp³-hybridized carbons (Fsp3) is 0.692. The van der Waals surface area contributed by atoms with E-state index >= 15 is 0 Å². The van der Waals surface area contributed by atoms with E-state index in [1.54, 1.807) is 29.2 Å². The molecule has 1 atom stereocenters. The van der Waals surface area contributed by atoms with Crippen LogP contribution in [0, 0.1) is 6.92 Å². The molecule has 0 aliphatic rings. The second-order valence-electron chi connectivity index (χ2n) is 4.79. The van der Waals surface area contributed by atoms with Crippen molar-refractivity contribution in [3.05, 3.63) is 15.8 Å². The molecule has 2 N–H and O–H groups in total. The zero-order chi connectivity index (χ0) is 15.2. The van der Waals surface area contributed by atoms with Gasteiger partial charge in [-0.25, -0.2) is 13.1 Å². The van der Waals surface area contributed by atoms with Crippen LogP contribution < -0.4 is 10.0 Å². The number of hydrogen-bond donors (Lipinski definition) is 2. The number of thioether (sulfide) groups is 1. The third-order valence-electron chi connectivity index (χ3n) is 2.71. The number of rotatable bonds is 9. The standard InChI is InChI=1S/C13H24N2O2S3/c1-5-6-14-8-12-7-13(11(3)19-12)20(16,17)15-10(2)9-18-4/h7,10,14-15H,5-6,8-9H2,1-4H3. The van der Waals surface area contributed by atoms with Gasteiger partial charge in [0.2, 0.25) is 10.0 Å². The molecule has 20 heavy (non-hydrogen) atoms. The molecule has 0 aliphatic carbocycles. The van der Waals surface area contributed by atoms with Crippen LogP contribution in [-0.2, 0) is 16.6 Å². The van der Waals surface area contributed by atoms with Gasteiger partial charge < -0.3 is 5.32 Å². The highest BCUT2D eigenvalue weighted by molar-refractivity contribution is 7.98. The van der Waals surface area contributed by atoms with Crippen molar-refractivity contribution in [2.45, 2.75) is 44.7 Å². The molecule has 7 heteroatoms. The molecule has 1 aromatic rings. The van der Waals surface area contributed by atoms with Gasteiger partial charge in [0.05, 0.1) is 4.90 Å². The fourth-order valence-corrected chi connectivity index (χ4v) is 5.42. The largest absolute Gasteiger partial charge is 0.312 e. The van der Waals surface area contributed by atoms with Crippen LogP contribution in [0.4, 0.5) is 0 Å². The van der Waals surface area contributed by atoms with E-state index in [2.05, 4.69) is 17.0 Å². The second-order valence-corrected chi connectivity index (χ2v) is 8.72. The Balaban J connectivity index is 2.79. The molecule has 1 unspecified atom stereocenters. The van der Waals surface area contributed by atoms with E-state index in [0.717, 1.165) is 35.0 Å². The molecule has 0 amide bonds. The Hall–Kier alpha value is -0.0800. The lowest BCUT2D eigenvalue weighted by Gasteiger charge is -2.12. The van der Waals surface area contributed by atoms with Crippen LogP contribution >= 0.6 is 23.1 Å². The predicted octanol–water partition coefficient (Wildman–Crippen LogP) is 2.59. The normalized spacial score (nSPS) is 13.6. The van der Waals surface area contributed by atoms with Gasteiger partial charge in [-0.05, 0) is 39.1 Å². The molecule has 1 rings (SSSR count). The lowest BCUT2D eigenvalue weighted by Crippen LogP contribution is -2.34. The average Bonchev–Trinajstić information content (AvgIpc) is 2.71. The van der Waals surface area contributed by atoms with Crippen molar-refractivity contribution in [2.24, 2.45) is 0 Å². The number of nitrogens with one attached hydrogen (secondary N) is 2. The second kappa shape index (κ2) is 8.38. The minimum atomic E-state index is -3.40. The Morgan fingerprint density at radius 3 is 2.75 bits per heavy atom. The van der Waals surface area contributed by atoms with Crippen LogP contribution in [-0.4, -0.2) is 33.0 Å². The molecule has 1 heterocycles. The zero-order valence-corrected chi connectivity index (χ0v) is 15.0. The minimum Gasteiger partial charge on any atom is -0.312 e. The summed E-state index contributed by atoms with van der Waals surface area (Å²) >= 11 is 3.18. The first-order valence-corrected chi connectivity index (χ1v) is 10.4. The van der Waals surface area contributed by atoms with E-state index in [9.17, 15) is 8.42 Å². The molecule has 0 aromatic carbocycles. The predicted molar refractivity (Wildman–Crippen MR) is 89.2 cm³/mol. The van der Waals surface area contributed by atoms with Gasteiger partial charge in [-0.15, -0.1) is 11.3 Å². The van der Waals surface area contributed by atoms with Crippen molar-refractivity contribution in [3.63, 3.8) is 0 Å². The Morgan fingerprint density at radius 2 is 2.15 bits per heavy atom. The SMILES string of the molecule is CCCNCc1cc(S(=O)(=O)NC(C)CSC)c(C)s1. The quantitative estimate of drug-likeness (QED) is 0.681. The van der Waals surface area contributed by atoms with E-state index in [4.69, 9.17) is 0 Å². The summed E-state index contributed by atoms with van der Waals surface area (Å²) < 4.78 is 27.4. The molecule has 1 aromatic heterocycles. The van der Waals surface area contributed by atoms with Gasteiger partial charge in [0.1, 0.15) is 0 Å². The smallest absolute Gasteiger partial charge is 0.241 e. The molecular weight excluding hydrogens is 312 g/mol. The fourth-order valence-electron chi connectivity index (χ4n) is 1.88. The summed E-state index contributed by atoms with van der Waals surface area (Å²) in [5.41, 5.74) is 0. The van der Waals surface area contributed by atoms with Crippen molar-refractivity contribution < 1.29 is 8.42 Å². The average molecular weight is 337 g/mol. The maximum absolute atomic E-state index is 12.3. The van der Waals surface area contributed by atoms with E-state index in [1.165, 1.54) is 0 Å². The summed E-state index contributed by atoms with van der Waals surface area (Å²) in [7, 11) is -3.40. The molecule has 0 bridgehead atoms. The minimum absolute atomic E-state index is 0.0593. The monoisotopic (exact) mass is 336 g/mol. The van der Waals surface area contributed by atoms with E-state index < -0.39 is 10.0 Å². The molecule has 4 nitrogen and oxygen atoms in total. The van der Waals surface area contributed by atoms with Crippen molar-refractivity contribution in [1.29, 1.82) is 0 Å². The summed E-state index contributed by atoms with van der Waals surface area (Å²) in [5.74, 6) is 0.771. The van der Waals surface area contributed by atoms with Gasteiger partial charge in [0.15, 0.2) is 0 Å². The van der Waals surface area contributed by atoms with Crippen molar-refractivity contribution in [1.82, 2.24) is 10.0 Å². The summed E-state index contributed by atoms with van der Waals surface area (Å²) in [6.45, 7) is 7.54. The van der Waals surface area contributed by atoms with Gasteiger partial charge in [-0.1, -0.05) is 6.92 Å². The highest BCUT2D eigenvalue weighted by Crippen LogP contribution is 2.25. The summed E-state index contributed by atoms with van der Waals surface area (Å²) in [6.07, 6.45) is 3.04. The molecule has 116 valence electrons. The Kier molecular flexibility index (Phi) is 7.53. The van der Waals surface area contributed by atoms with Crippen LogP contribution in [0.25, 0.3) is 0 Å². The maximum atomic E-state index is 12.3. The van der Waals surface area contributed by atoms with Gasteiger partial charge in [-0.3, -0.25) is 0 Å². The molecule has 0 fully saturated rings. The van der Waals surface area contributed by atoms with Crippen LogP contribution in [0.3, 0.4) is 0 Å². The molecule has 0 spiro atoms. The summed E-state index contributed by atoms with van der Waals surface area (Å²) in [6, 6.07) is 1.73. The summed E-state index contributed by atoms with van der Waals surface area (Å²) in [5, 5.41) is 3.30. The zero-order valence-electron chi connectivity index (χ0n) is 12.5. The Morgan fingerprint density at radius 1 is 1.45 bits per heavy atom. The first kappa shape index (κ1) is 18.0. The van der Waals surface area contributed by atoms with E-state index in [0.29, 0.717) is 4.90 Å². The third-order valence-corrected chi connectivity index (χ3v) is 6.44. The topological polar surface area (TPSA) is 58.2 Å². The number of aryl methyl sites for hydroxylation is 1. The van der Waals surface area contributed by atoms with Crippen LogP contribution in [0.5, 0.6) is 0 Å². The Labute approximate surface area is 130 Å². The van der Waals surface area contributed by atoms with Crippen molar-refractivity contribution in [3.8, 4) is 0 Å². The van der Waals surface area contributed by atoms with E-state index in [-0.39, 0.29) is 6.04 Å². The number of thiophene rings is 1. The van der Waals surface area contributed by atoms with Crippen LogP contribution in [0.2, 0.25) is 0 Å². The lowest BCUT2D eigenvalue weighted by molar-refractivity contribution is 0.571. The molecule has 0 radical (unpaired) electrons. The van der Waals surface area contributed by atoms with Crippen molar-refractivity contribution >= 4 is 33.1 Å². The maximum Gasteiger partial charge on any atom is 0.241 e. The van der Waals surface area contributed by atoms with Gasteiger partial charge in [0, 0.05) is 28.1 Å². The molecular formula is C13H24N2O2S3. The highest BCUT2D eigenvalue weighted by Gasteiger charge is 2.21. The van der Waals surface area contributed by atoms with Gasteiger partial charge >= 0.3 is 0 Å². The van der Waals surface area contributed by atoms with E-state index in [1.807, 2.05) is 20.1 Å². The van der Waals surface area contributed by atoms with Gasteiger partial charge in [-0.2, -0.15) is 11.8 Å². The first-order chi connectivity index (χ1) is 9.40. The highest BCUT2D eigenvalue weighted by atomic mass is 32.2. The molecule has 0 saturated carbocycles. The summed E-state index contributed by atoms with van der Waals surface area (Å²) in [4.78, 5) is 2.33. The molecule has 0 aliphatic heterocycles. The number of sulfonamides is 1. The lowest BCUT2D eigenvalue weighted by atomic mass is 10.4. The Bertz CT molecular complexity index is 512. The number of hydrogen-bond acceptors (Lipinski definition) is 5. The molecule has 0 saturated heterocycles. The first-order valence-electron chi connectivity index (χ1n) is 6.72. The van der Waals surface area contributed by atoms with Gasteiger partial charge in [0.25, 0.3) is 0 Å². The third kappa shape index (κ3) is 5.37. The van der Waals surface area contributed by atoms with Crippen LogP contribution in [0.1, 0.15) is 30.0 Å².